The van der Waals surface area contributed by atoms with Gasteiger partial charge in [0.2, 0.25) is 6.10 Å². The lowest BCUT2D eigenvalue weighted by atomic mass is 9.99. The van der Waals surface area contributed by atoms with Gasteiger partial charge in [-0.2, -0.15) is 0 Å². The summed E-state index contributed by atoms with van der Waals surface area (Å²) in [5, 5.41) is 6.96. The van der Waals surface area contributed by atoms with Crippen molar-refractivity contribution in [2.24, 2.45) is 11.1 Å². The van der Waals surface area contributed by atoms with Gasteiger partial charge < -0.3 is 14.9 Å². The molecular formula is C16H17FN2O3. The Morgan fingerprint density at radius 1 is 1.32 bits per heavy atom. The standard InChI is InChI=1S/C16H17FN2O3/c17-10-3-4-14-11(7-10)12(5-6-21-14)18-16(20)15-8-13(19-22-15)9-1-2-9/h3-4,7,9,12,15H,1-2,5-6,8H2,(H,18,20). The number of benzene rings is 1. The van der Waals surface area contributed by atoms with Crippen LogP contribution in [0.1, 0.15) is 37.3 Å². The lowest BCUT2D eigenvalue weighted by Gasteiger charge is -2.27. The fraction of sp³-hybridized carbons (Fsp3) is 0.500. The number of rotatable bonds is 3. The smallest absolute Gasteiger partial charge is 0.264 e. The molecule has 5 nitrogen and oxygen atoms in total. The molecule has 0 aromatic heterocycles. The van der Waals surface area contributed by atoms with Crippen molar-refractivity contribution in [1.82, 2.24) is 5.32 Å². The zero-order chi connectivity index (χ0) is 15.1. The van der Waals surface area contributed by atoms with Gasteiger partial charge in [0, 0.05) is 24.3 Å². The number of hydrogen-bond donors (Lipinski definition) is 1. The van der Waals surface area contributed by atoms with E-state index in [1.165, 1.54) is 12.1 Å². The van der Waals surface area contributed by atoms with Gasteiger partial charge in [0.25, 0.3) is 5.91 Å². The first-order valence-corrected chi connectivity index (χ1v) is 7.66. The molecule has 1 N–H and O–H groups in total. The maximum Gasteiger partial charge on any atom is 0.264 e. The van der Waals surface area contributed by atoms with E-state index >= 15 is 0 Å². The molecule has 2 aliphatic heterocycles. The van der Waals surface area contributed by atoms with Crippen molar-refractivity contribution < 1.29 is 18.8 Å². The number of carbonyl (C=O) groups is 1. The molecule has 2 unspecified atom stereocenters. The molecule has 22 heavy (non-hydrogen) atoms. The first kappa shape index (κ1) is 13.5. The molecule has 0 radical (unpaired) electrons. The predicted molar refractivity (Wildman–Crippen MR) is 77.0 cm³/mol. The van der Waals surface area contributed by atoms with Crippen molar-refractivity contribution >= 4 is 11.6 Å². The second-order valence-electron chi connectivity index (χ2n) is 6.04. The van der Waals surface area contributed by atoms with E-state index in [0.717, 1.165) is 18.6 Å². The summed E-state index contributed by atoms with van der Waals surface area (Å²) in [6.45, 7) is 0.499. The summed E-state index contributed by atoms with van der Waals surface area (Å²) < 4.78 is 18.9. The average Bonchev–Trinajstić information content (AvgIpc) is 3.25. The SMILES string of the molecule is O=C(NC1CCOc2ccc(F)cc21)C1CC(C2CC2)=NO1. The van der Waals surface area contributed by atoms with Crippen LogP contribution in [0.5, 0.6) is 5.75 Å². The number of fused-ring (bicyclic) bond motifs is 1. The van der Waals surface area contributed by atoms with Gasteiger partial charge in [-0.25, -0.2) is 4.39 Å². The lowest BCUT2D eigenvalue weighted by molar-refractivity contribution is -0.132. The van der Waals surface area contributed by atoms with E-state index in [1.54, 1.807) is 6.07 Å². The van der Waals surface area contributed by atoms with Crippen molar-refractivity contribution in [3.63, 3.8) is 0 Å². The van der Waals surface area contributed by atoms with Crippen LogP contribution in [-0.2, 0) is 9.63 Å². The number of carbonyl (C=O) groups excluding carboxylic acids is 1. The van der Waals surface area contributed by atoms with Crippen LogP contribution in [0.3, 0.4) is 0 Å². The number of nitrogens with one attached hydrogen (secondary N) is 1. The molecule has 0 bridgehead atoms. The van der Waals surface area contributed by atoms with Crippen molar-refractivity contribution in [2.75, 3.05) is 6.61 Å². The third-order valence-electron chi connectivity index (χ3n) is 4.36. The van der Waals surface area contributed by atoms with Gasteiger partial charge in [-0.15, -0.1) is 0 Å². The van der Waals surface area contributed by atoms with Gasteiger partial charge in [0.1, 0.15) is 11.6 Å². The molecule has 0 spiro atoms. The Morgan fingerprint density at radius 2 is 2.18 bits per heavy atom. The third-order valence-corrected chi connectivity index (χ3v) is 4.36. The summed E-state index contributed by atoms with van der Waals surface area (Å²) >= 11 is 0. The van der Waals surface area contributed by atoms with E-state index in [9.17, 15) is 9.18 Å². The van der Waals surface area contributed by atoms with Crippen molar-refractivity contribution in [1.29, 1.82) is 0 Å². The highest BCUT2D eigenvalue weighted by atomic mass is 19.1. The minimum Gasteiger partial charge on any atom is -0.493 e. The summed E-state index contributed by atoms with van der Waals surface area (Å²) in [7, 11) is 0. The molecule has 116 valence electrons. The molecule has 1 aliphatic carbocycles. The van der Waals surface area contributed by atoms with Gasteiger partial charge in [-0.3, -0.25) is 4.79 Å². The van der Waals surface area contributed by atoms with Crippen LogP contribution < -0.4 is 10.1 Å². The fourth-order valence-corrected chi connectivity index (χ4v) is 2.97. The van der Waals surface area contributed by atoms with Crippen molar-refractivity contribution in [3.05, 3.63) is 29.6 Å². The average molecular weight is 304 g/mol. The number of ether oxygens (including phenoxy) is 1. The van der Waals surface area contributed by atoms with E-state index in [4.69, 9.17) is 9.57 Å². The van der Waals surface area contributed by atoms with Crippen molar-refractivity contribution in [3.8, 4) is 5.75 Å². The van der Waals surface area contributed by atoms with Crippen LogP contribution in [0, 0.1) is 11.7 Å². The normalized spacial score (nSPS) is 26.5. The van der Waals surface area contributed by atoms with E-state index in [-0.39, 0.29) is 17.8 Å². The summed E-state index contributed by atoms with van der Waals surface area (Å²) in [5.41, 5.74) is 1.68. The van der Waals surface area contributed by atoms with Crippen LogP contribution in [0.2, 0.25) is 0 Å². The predicted octanol–water partition coefficient (Wildman–Crippen LogP) is 2.32. The zero-order valence-corrected chi connectivity index (χ0v) is 12.0. The van der Waals surface area contributed by atoms with E-state index in [2.05, 4.69) is 10.5 Å². The maximum absolute atomic E-state index is 13.4. The Labute approximate surface area is 127 Å². The van der Waals surface area contributed by atoms with Crippen LogP contribution in [-0.4, -0.2) is 24.3 Å². The monoisotopic (exact) mass is 304 g/mol. The Morgan fingerprint density at radius 3 is 3.00 bits per heavy atom. The minimum atomic E-state index is -0.560. The maximum atomic E-state index is 13.4. The Kier molecular flexibility index (Phi) is 3.24. The molecule has 2 heterocycles. The molecule has 1 amide bonds. The number of amides is 1. The molecule has 1 saturated carbocycles. The van der Waals surface area contributed by atoms with Crippen molar-refractivity contribution in [2.45, 2.75) is 37.8 Å². The summed E-state index contributed by atoms with van der Waals surface area (Å²) in [4.78, 5) is 17.6. The van der Waals surface area contributed by atoms with Crippen LogP contribution in [0.25, 0.3) is 0 Å². The minimum absolute atomic E-state index is 0.193. The van der Waals surface area contributed by atoms with Gasteiger partial charge in [0.15, 0.2) is 0 Å². The first-order valence-electron chi connectivity index (χ1n) is 7.66. The molecule has 0 saturated heterocycles. The Bertz CT molecular complexity index is 642. The number of halogens is 1. The lowest BCUT2D eigenvalue weighted by Crippen LogP contribution is -2.39. The number of hydrogen-bond acceptors (Lipinski definition) is 4. The molecular weight excluding hydrogens is 287 g/mol. The topological polar surface area (TPSA) is 59.9 Å². The van der Waals surface area contributed by atoms with E-state index in [1.807, 2.05) is 0 Å². The second-order valence-corrected chi connectivity index (χ2v) is 6.04. The molecule has 1 aromatic carbocycles. The summed E-state index contributed by atoms with van der Waals surface area (Å²) in [6.07, 6.45) is 2.91. The highest BCUT2D eigenvalue weighted by molar-refractivity contribution is 5.95. The highest BCUT2D eigenvalue weighted by Gasteiger charge is 2.37. The number of oxime groups is 1. The van der Waals surface area contributed by atoms with E-state index in [0.29, 0.717) is 36.7 Å². The highest BCUT2D eigenvalue weighted by Crippen LogP contribution is 2.36. The van der Waals surface area contributed by atoms with E-state index < -0.39 is 6.10 Å². The van der Waals surface area contributed by atoms with Crippen LogP contribution in [0.15, 0.2) is 23.4 Å². The van der Waals surface area contributed by atoms with Gasteiger partial charge >= 0.3 is 0 Å². The zero-order valence-electron chi connectivity index (χ0n) is 12.0. The van der Waals surface area contributed by atoms with Gasteiger partial charge in [0.05, 0.1) is 18.4 Å². The number of nitrogens with zero attached hydrogens (tertiary/aromatic N) is 1. The molecule has 1 aromatic rings. The first-order chi connectivity index (χ1) is 10.7. The fourth-order valence-electron chi connectivity index (χ4n) is 2.97. The molecule has 1 fully saturated rings. The molecule has 6 heteroatoms. The summed E-state index contributed by atoms with van der Waals surface area (Å²) in [6, 6.07) is 4.13. The quantitative estimate of drug-likeness (QED) is 0.932. The Hall–Kier alpha value is -2.11. The van der Waals surface area contributed by atoms with Gasteiger partial charge in [-0.05, 0) is 31.0 Å². The van der Waals surface area contributed by atoms with Gasteiger partial charge in [-0.1, -0.05) is 5.16 Å². The largest absolute Gasteiger partial charge is 0.493 e. The molecule has 3 aliphatic rings. The second kappa shape index (κ2) is 5.26. The molecule has 2 atom stereocenters. The summed E-state index contributed by atoms with van der Waals surface area (Å²) in [5.74, 6) is 0.609. The van der Waals surface area contributed by atoms with Crippen LogP contribution in [0.4, 0.5) is 4.39 Å². The third kappa shape index (κ3) is 2.53. The Balaban J connectivity index is 1.44. The molecule has 4 rings (SSSR count). The van der Waals surface area contributed by atoms with Crippen LogP contribution >= 0.6 is 0 Å².